The second-order valence-electron chi connectivity index (χ2n) is 2.54. The zero-order valence-corrected chi connectivity index (χ0v) is 7.91. The van der Waals surface area contributed by atoms with E-state index in [1.54, 1.807) is 0 Å². The highest BCUT2D eigenvalue weighted by Gasteiger charge is 2.00. The molecule has 84 valence electrons. The van der Waals surface area contributed by atoms with Crippen molar-refractivity contribution < 1.29 is 19.8 Å². The Labute approximate surface area is 89.0 Å². The van der Waals surface area contributed by atoms with Crippen LogP contribution in [0.2, 0.25) is 0 Å². The van der Waals surface area contributed by atoms with E-state index in [9.17, 15) is 9.59 Å². The lowest BCUT2D eigenvalue weighted by Gasteiger charge is -1.79. The molecule has 8 nitrogen and oxygen atoms in total. The Hall–Kier alpha value is -2.64. The van der Waals surface area contributed by atoms with Gasteiger partial charge in [0.25, 0.3) is 0 Å². The zero-order chi connectivity index (χ0) is 12.0. The first-order valence-electron chi connectivity index (χ1n) is 4.04. The van der Waals surface area contributed by atoms with Crippen molar-refractivity contribution in [2.75, 3.05) is 0 Å². The summed E-state index contributed by atoms with van der Waals surface area (Å²) in [5.41, 5.74) is 0.231. The number of carbonyl (C=O) groups is 2. The Morgan fingerprint density at radius 1 is 0.938 bits per heavy atom. The molecule has 0 spiro atoms. The molecule has 2 heterocycles. The van der Waals surface area contributed by atoms with Crippen LogP contribution in [0.3, 0.4) is 0 Å². The maximum Gasteiger partial charge on any atom is 0.353 e. The van der Waals surface area contributed by atoms with Gasteiger partial charge >= 0.3 is 11.9 Å². The Kier molecular flexibility index (Phi) is 3.78. The summed E-state index contributed by atoms with van der Waals surface area (Å²) in [6.07, 6.45) is 5.15. The first kappa shape index (κ1) is 11.4. The van der Waals surface area contributed by atoms with Crippen LogP contribution in [0.15, 0.2) is 25.0 Å². The summed E-state index contributed by atoms with van der Waals surface area (Å²) in [6, 6.07) is 0. The van der Waals surface area contributed by atoms with Crippen molar-refractivity contribution >= 4 is 11.9 Å². The van der Waals surface area contributed by atoms with E-state index in [0.717, 1.165) is 0 Å². The molecule has 0 saturated carbocycles. The van der Waals surface area contributed by atoms with Gasteiger partial charge in [-0.1, -0.05) is 0 Å². The standard InChI is InChI=1S/2C4H4N2O2/c2*7-4(8)3-1-5-2-6-3/h2*1-2H,(H,5,6)(H,7,8). The molecule has 0 saturated heterocycles. The molecule has 0 aliphatic rings. The lowest BCUT2D eigenvalue weighted by atomic mass is 10.5. The van der Waals surface area contributed by atoms with E-state index in [0.29, 0.717) is 0 Å². The minimum atomic E-state index is -0.984. The number of nitrogens with zero attached hydrogens (tertiary/aromatic N) is 2. The number of carboxylic acids is 2. The van der Waals surface area contributed by atoms with Crippen LogP contribution in [-0.4, -0.2) is 42.1 Å². The topological polar surface area (TPSA) is 132 Å². The Morgan fingerprint density at radius 2 is 1.31 bits per heavy atom. The molecule has 2 aromatic rings. The minimum absolute atomic E-state index is 0.116. The van der Waals surface area contributed by atoms with E-state index in [-0.39, 0.29) is 11.4 Å². The fourth-order valence-corrected chi connectivity index (χ4v) is 0.746. The second kappa shape index (κ2) is 5.29. The lowest BCUT2D eigenvalue weighted by Crippen LogP contribution is -1.94. The number of aromatic nitrogens is 4. The molecule has 0 fully saturated rings. The minimum Gasteiger partial charge on any atom is -0.477 e. The van der Waals surface area contributed by atoms with Crippen molar-refractivity contribution in [2.45, 2.75) is 0 Å². The molecule has 0 bridgehead atoms. The molecule has 8 heteroatoms. The lowest BCUT2D eigenvalue weighted by molar-refractivity contribution is 0.0680. The Morgan fingerprint density at radius 3 is 1.44 bits per heavy atom. The third kappa shape index (κ3) is 3.25. The number of rotatable bonds is 2. The van der Waals surface area contributed by atoms with E-state index in [2.05, 4.69) is 19.9 Å². The van der Waals surface area contributed by atoms with Crippen LogP contribution >= 0.6 is 0 Å². The largest absolute Gasteiger partial charge is 0.477 e. The molecule has 0 unspecified atom stereocenters. The first-order chi connectivity index (χ1) is 7.61. The fourth-order valence-electron chi connectivity index (χ4n) is 0.746. The summed E-state index contributed by atoms with van der Waals surface area (Å²) in [5.74, 6) is -1.97. The number of hydrogen-bond acceptors (Lipinski definition) is 4. The quantitative estimate of drug-likeness (QED) is 0.576. The number of H-pyrrole nitrogens is 2. The van der Waals surface area contributed by atoms with Gasteiger partial charge in [0.05, 0.1) is 25.0 Å². The maximum atomic E-state index is 9.99. The summed E-state index contributed by atoms with van der Waals surface area (Å²) in [5, 5.41) is 16.4. The average Bonchev–Trinajstić information content (AvgIpc) is 2.93. The van der Waals surface area contributed by atoms with Crippen LogP contribution in [-0.2, 0) is 0 Å². The second-order valence-corrected chi connectivity index (χ2v) is 2.54. The molecule has 0 atom stereocenters. The molecule has 0 aliphatic carbocycles. The van der Waals surface area contributed by atoms with Gasteiger partial charge in [-0.3, -0.25) is 0 Å². The van der Waals surface area contributed by atoms with Crippen molar-refractivity contribution in [3.63, 3.8) is 0 Å². The van der Waals surface area contributed by atoms with Crippen molar-refractivity contribution in [1.29, 1.82) is 0 Å². The molecule has 0 aromatic carbocycles. The third-order valence-electron chi connectivity index (χ3n) is 1.46. The zero-order valence-electron chi connectivity index (χ0n) is 7.91. The summed E-state index contributed by atoms with van der Waals surface area (Å²) in [7, 11) is 0. The van der Waals surface area contributed by atoms with Gasteiger partial charge in [0, 0.05) is 0 Å². The summed E-state index contributed by atoms with van der Waals surface area (Å²) in [6.45, 7) is 0. The monoisotopic (exact) mass is 224 g/mol. The molecule has 0 aliphatic heterocycles. The highest BCUT2D eigenvalue weighted by molar-refractivity contribution is 5.85. The Bertz CT molecular complexity index is 404. The number of aromatic carboxylic acids is 2. The number of hydrogen-bond donors (Lipinski definition) is 4. The predicted molar refractivity (Wildman–Crippen MR) is 51.1 cm³/mol. The van der Waals surface area contributed by atoms with Crippen LogP contribution in [0.4, 0.5) is 0 Å². The van der Waals surface area contributed by atoms with Gasteiger partial charge in [-0.15, -0.1) is 0 Å². The highest BCUT2D eigenvalue weighted by Crippen LogP contribution is 1.87. The maximum absolute atomic E-state index is 9.99. The van der Waals surface area contributed by atoms with Crippen molar-refractivity contribution in [2.24, 2.45) is 0 Å². The van der Waals surface area contributed by atoms with E-state index in [4.69, 9.17) is 10.2 Å². The molecule has 0 amide bonds. The molecule has 2 aromatic heterocycles. The van der Waals surface area contributed by atoms with Gasteiger partial charge < -0.3 is 20.2 Å². The smallest absolute Gasteiger partial charge is 0.353 e. The Balaban J connectivity index is 0.000000160. The van der Waals surface area contributed by atoms with E-state index in [1.165, 1.54) is 25.0 Å². The van der Waals surface area contributed by atoms with Gasteiger partial charge in [0.1, 0.15) is 11.4 Å². The molecule has 4 N–H and O–H groups in total. The van der Waals surface area contributed by atoms with Crippen molar-refractivity contribution in [3.05, 3.63) is 36.4 Å². The van der Waals surface area contributed by atoms with Gasteiger partial charge in [0.2, 0.25) is 0 Å². The van der Waals surface area contributed by atoms with Gasteiger partial charge in [-0.05, 0) is 0 Å². The van der Waals surface area contributed by atoms with Crippen LogP contribution in [0.25, 0.3) is 0 Å². The van der Waals surface area contributed by atoms with Gasteiger partial charge in [0.15, 0.2) is 0 Å². The third-order valence-corrected chi connectivity index (χ3v) is 1.46. The van der Waals surface area contributed by atoms with E-state index in [1.807, 2.05) is 0 Å². The molecule has 2 rings (SSSR count). The number of aromatic amines is 2. The van der Waals surface area contributed by atoms with Crippen molar-refractivity contribution in [1.82, 2.24) is 19.9 Å². The molecular weight excluding hydrogens is 216 g/mol. The van der Waals surface area contributed by atoms with Crippen molar-refractivity contribution in [3.8, 4) is 0 Å². The van der Waals surface area contributed by atoms with Crippen LogP contribution in [0.1, 0.15) is 21.0 Å². The summed E-state index contributed by atoms with van der Waals surface area (Å²) >= 11 is 0. The highest BCUT2D eigenvalue weighted by atomic mass is 16.4. The average molecular weight is 224 g/mol. The SMILES string of the molecule is O=C(O)c1cnc[nH]1.O=C(O)c1cnc[nH]1. The van der Waals surface area contributed by atoms with E-state index < -0.39 is 11.9 Å². The first-order valence-corrected chi connectivity index (χ1v) is 4.04. The number of imidazole rings is 2. The summed E-state index contributed by atoms with van der Waals surface area (Å²) < 4.78 is 0. The van der Waals surface area contributed by atoms with Gasteiger partial charge in [-0.25, -0.2) is 19.6 Å². The fraction of sp³-hybridized carbons (Fsp3) is 0. The van der Waals surface area contributed by atoms with Crippen LogP contribution in [0.5, 0.6) is 0 Å². The van der Waals surface area contributed by atoms with Gasteiger partial charge in [-0.2, -0.15) is 0 Å². The number of nitrogens with one attached hydrogen (secondary N) is 2. The van der Waals surface area contributed by atoms with Crippen LogP contribution in [0, 0.1) is 0 Å². The normalized spacial score (nSPS) is 9.00. The summed E-state index contributed by atoms with van der Waals surface area (Å²) in [4.78, 5) is 31.8. The molecule has 16 heavy (non-hydrogen) atoms. The molecule has 0 radical (unpaired) electrons. The predicted octanol–water partition coefficient (Wildman–Crippen LogP) is 0.216. The van der Waals surface area contributed by atoms with E-state index >= 15 is 0 Å². The molecular formula is C8H8N4O4. The van der Waals surface area contributed by atoms with Crippen LogP contribution < -0.4 is 0 Å². The number of carboxylic acid groups (broad SMARTS) is 2.